The number of hydrogen-bond donors (Lipinski definition) is 0. The van der Waals surface area contributed by atoms with Crippen molar-refractivity contribution >= 4 is 11.7 Å². The molecule has 0 N–H and O–H groups in total. The van der Waals surface area contributed by atoms with Crippen LogP contribution in [0.15, 0.2) is 12.4 Å². The summed E-state index contributed by atoms with van der Waals surface area (Å²) in [4.78, 5) is 26.7. The zero-order valence-electron chi connectivity index (χ0n) is 17.1. The number of rotatable bonds is 5. The maximum Gasteiger partial charge on any atom is 0.257 e. The van der Waals surface area contributed by atoms with Crippen molar-refractivity contribution in [2.24, 2.45) is 0 Å². The van der Waals surface area contributed by atoms with E-state index in [1.54, 1.807) is 18.0 Å². The fraction of sp³-hybridized carbons (Fsp3) is 0.600. The van der Waals surface area contributed by atoms with Gasteiger partial charge in [-0.2, -0.15) is 5.10 Å². The minimum absolute atomic E-state index is 0.0620. The van der Waals surface area contributed by atoms with E-state index in [-0.39, 0.29) is 5.91 Å². The molecule has 2 aliphatic heterocycles. The van der Waals surface area contributed by atoms with E-state index in [9.17, 15) is 4.79 Å². The van der Waals surface area contributed by atoms with Gasteiger partial charge in [-0.25, -0.2) is 9.97 Å². The fourth-order valence-corrected chi connectivity index (χ4v) is 4.38. The van der Waals surface area contributed by atoms with E-state index in [4.69, 9.17) is 9.72 Å². The van der Waals surface area contributed by atoms with E-state index in [2.05, 4.69) is 21.9 Å². The Labute approximate surface area is 165 Å². The van der Waals surface area contributed by atoms with Gasteiger partial charge in [0.1, 0.15) is 11.6 Å². The standard InChI is InChI=1S/C20H28N6O2/c1-13-14(2)22-15(3)23-19(13)26-17-5-6-18(26)12-24(11-17)20(27)16-9-21-25(10-16)7-8-28-4/h9-10,17-18H,5-8,11-12H2,1-4H3. The maximum atomic E-state index is 13.0. The molecular weight excluding hydrogens is 356 g/mol. The molecule has 4 rings (SSSR count). The molecule has 2 aromatic rings. The average Bonchev–Trinajstić information content (AvgIpc) is 3.24. The lowest BCUT2D eigenvalue weighted by Gasteiger charge is -2.42. The molecule has 8 heteroatoms. The number of aromatic nitrogens is 4. The van der Waals surface area contributed by atoms with Gasteiger partial charge >= 0.3 is 0 Å². The van der Waals surface area contributed by atoms with Crippen molar-refractivity contribution in [3.8, 4) is 0 Å². The first-order valence-electron chi connectivity index (χ1n) is 9.88. The van der Waals surface area contributed by atoms with Crippen LogP contribution in [-0.4, -0.2) is 69.4 Å². The molecule has 0 aliphatic carbocycles. The Morgan fingerprint density at radius 1 is 1.18 bits per heavy atom. The molecule has 2 aromatic heterocycles. The molecular formula is C20H28N6O2. The summed E-state index contributed by atoms with van der Waals surface area (Å²) in [5.41, 5.74) is 2.82. The molecule has 2 aliphatic rings. The third kappa shape index (κ3) is 3.37. The highest BCUT2D eigenvalue weighted by Crippen LogP contribution is 2.36. The lowest BCUT2D eigenvalue weighted by atomic mass is 10.1. The molecule has 0 saturated carbocycles. The van der Waals surface area contributed by atoms with Crippen molar-refractivity contribution < 1.29 is 9.53 Å². The van der Waals surface area contributed by atoms with Crippen LogP contribution < -0.4 is 4.90 Å². The van der Waals surface area contributed by atoms with Crippen molar-refractivity contribution in [1.82, 2.24) is 24.6 Å². The second-order valence-corrected chi connectivity index (χ2v) is 7.79. The third-order valence-corrected chi connectivity index (χ3v) is 5.89. The predicted octanol–water partition coefficient (Wildman–Crippen LogP) is 1.74. The number of nitrogens with zero attached hydrogens (tertiary/aromatic N) is 6. The number of fused-ring (bicyclic) bond motifs is 2. The Kier molecular flexibility index (Phi) is 5.05. The number of anilines is 1. The molecule has 2 fully saturated rings. The fourth-order valence-electron chi connectivity index (χ4n) is 4.38. The summed E-state index contributed by atoms with van der Waals surface area (Å²) in [7, 11) is 1.66. The average molecular weight is 384 g/mol. The lowest BCUT2D eigenvalue weighted by molar-refractivity contribution is 0.0717. The second kappa shape index (κ2) is 7.50. The van der Waals surface area contributed by atoms with E-state index in [0.717, 1.165) is 48.8 Å². The van der Waals surface area contributed by atoms with Crippen LogP contribution in [0.25, 0.3) is 0 Å². The van der Waals surface area contributed by atoms with Crippen LogP contribution in [0.2, 0.25) is 0 Å². The van der Waals surface area contributed by atoms with Crippen LogP contribution in [0.4, 0.5) is 5.82 Å². The smallest absolute Gasteiger partial charge is 0.257 e. The van der Waals surface area contributed by atoms with E-state index < -0.39 is 0 Å². The second-order valence-electron chi connectivity index (χ2n) is 7.79. The molecule has 2 saturated heterocycles. The lowest BCUT2D eigenvalue weighted by Crippen LogP contribution is -2.56. The van der Waals surface area contributed by atoms with Crippen molar-refractivity contribution in [2.75, 3.05) is 31.7 Å². The zero-order chi connectivity index (χ0) is 19.8. The Bertz CT molecular complexity index is 866. The van der Waals surface area contributed by atoms with Crippen LogP contribution in [0.3, 0.4) is 0 Å². The Morgan fingerprint density at radius 3 is 2.57 bits per heavy atom. The third-order valence-electron chi connectivity index (χ3n) is 5.89. The van der Waals surface area contributed by atoms with Gasteiger partial charge < -0.3 is 14.5 Å². The van der Waals surface area contributed by atoms with Crippen LogP contribution in [-0.2, 0) is 11.3 Å². The molecule has 2 bridgehead atoms. The molecule has 2 atom stereocenters. The maximum absolute atomic E-state index is 13.0. The summed E-state index contributed by atoms with van der Waals surface area (Å²) in [5, 5.41) is 4.28. The highest BCUT2D eigenvalue weighted by atomic mass is 16.5. The monoisotopic (exact) mass is 384 g/mol. The van der Waals surface area contributed by atoms with Gasteiger partial charge in [-0.05, 0) is 33.6 Å². The minimum atomic E-state index is 0.0620. The molecule has 2 unspecified atom stereocenters. The van der Waals surface area contributed by atoms with Gasteiger partial charge in [0.2, 0.25) is 0 Å². The van der Waals surface area contributed by atoms with Gasteiger partial charge in [0.15, 0.2) is 0 Å². The normalized spacial score (nSPS) is 21.4. The van der Waals surface area contributed by atoms with Gasteiger partial charge in [-0.15, -0.1) is 0 Å². The minimum Gasteiger partial charge on any atom is -0.383 e. The molecule has 8 nitrogen and oxygen atoms in total. The summed E-state index contributed by atoms with van der Waals surface area (Å²) in [6, 6.07) is 0.609. The van der Waals surface area contributed by atoms with E-state index in [1.165, 1.54) is 0 Å². The number of aryl methyl sites for hydroxylation is 2. The highest BCUT2D eigenvalue weighted by Gasteiger charge is 2.43. The Hall–Kier alpha value is -2.48. The number of carbonyl (C=O) groups is 1. The molecule has 150 valence electrons. The van der Waals surface area contributed by atoms with Crippen molar-refractivity contribution in [3.05, 3.63) is 35.0 Å². The number of ether oxygens (including phenoxy) is 1. The van der Waals surface area contributed by atoms with Crippen molar-refractivity contribution in [2.45, 2.75) is 52.2 Å². The Balaban J connectivity index is 1.51. The highest BCUT2D eigenvalue weighted by molar-refractivity contribution is 5.94. The molecule has 1 amide bonds. The molecule has 28 heavy (non-hydrogen) atoms. The van der Waals surface area contributed by atoms with Crippen LogP contribution in [0, 0.1) is 20.8 Å². The topological polar surface area (TPSA) is 76.4 Å². The first-order chi connectivity index (χ1) is 13.5. The summed E-state index contributed by atoms with van der Waals surface area (Å²) in [6.07, 6.45) is 5.65. The van der Waals surface area contributed by atoms with Gasteiger partial charge in [0.25, 0.3) is 5.91 Å². The summed E-state index contributed by atoms with van der Waals surface area (Å²) in [6.45, 7) is 8.74. The number of piperazine rings is 1. The molecule has 0 spiro atoms. The van der Waals surface area contributed by atoms with E-state index in [1.807, 2.05) is 24.9 Å². The van der Waals surface area contributed by atoms with Gasteiger partial charge in [-0.1, -0.05) is 0 Å². The zero-order valence-corrected chi connectivity index (χ0v) is 17.1. The predicted molar refractivity (Wildman–Crippen MR) is 106 cm³/mol. The number of amides is 1. The van der Waals surface area contributed by atoms with Crippen LogP contribution in [0.1, 0.15) is 40.3 Å². The molecule has 0 radical (unpaired) electrons. The first kappa shape index (κ1) is 18.9. The summed E-state index contributed by atoms with van der Waals surface area (Å²) in [5.74, 6) is 1.91. The SMILES string of the molecule is COCCn1cc(C(=O)N2CC3CCC(C2)N3c2nc(C)nc(C)c2C)cn1. The van der Waals surface area contributed by atoms with E-state index in [0.29, 0.717) is 30.8 Å². The van der Waals surface area contributed by atoms with E-state index >= 15 is 0 Å². The molecule has 4 heterocycles. The first-order valence-corrected chi connectivity index (χ1v) is 9.88. The van der Waals surface area contributed by atoms with Crippen molar-refractivity contribution in [1.29, 1.82) is 0 Å². The molecule has 0 aromatic carbocycles. The van der Waals surface area contributed by atoms with Crippen LogP contribution >= 0.6 is 0 Å². The van der Waals surface area contributed by atoms with Gasteiger partial charge in [-0.3, -0.25) is 9.48 Å². The largest absolute Gasteiger partial charge is 0.383 e. The summed E-state index contributed by atoms with van der Waals surface area (Å²) >= 11 is 0. The number of carbonyl (C=O) groups excluding carboxylic acids is 1. The summed E-state index contributed by atoms with van der Waals surface area (Å²) < 4.78 is 6.84. The Morgan fingerprint density at radius 2 is 1.89 bits per heavy atom. The van der Waals surface area contributed by atoms with Crippen molar-refractivity contribution in [3.63, 3.8) is 0 Å². The van der Waals surface area contributed by atoms with Crippen LogP contribution in [0.5, 0.6) is 0 Å². The number of likely N-dealkylation sites (tertiary alicyclic amines) is 1. The number of methoxy groups -OCH3 is 1. The van der Waals surface area contributed by atoms with Gasteiger partial charge in [0, 0.05) is 49.7 Å². The van der Waals surface area contributed by atoms with Gasteiger partial charge in [0.05, 0.1) is 24.9 Å². The quantitative estimate of drug-likeness (QED) is 0.782. The number of hydrogen-bond acceptors (Lipinski definition) is 6.